The Kier molecular flexibility index (Phi) is 4.11. The van der Waals surface area contributed by atoms with E-state index in [2.05, 4.69) is 21.0 Å². The third-order valence-corrected chi connectivity index (χ3v) is 4.45. The zero-order valence-corrected chi connectivity index (χ0v) is 13.3. The minimum atomic E-state index is 0.0496. The van der Waals surface area contributed by atoms with E-state index in [0.29, 0.717) is 10.7 Å². The fraction of sp³-hybridized carbons (Fsp3) is 0.286. The van der Waals surface area contributed by atoms with Gasteiger partial charge in [0.1, 0.15) is 5.15 Å². The van der Waals surface area contributed by atoms with Gasteiger partial charge in [-0.05, 0) is 31.5 Å². The normalized spacial score (nSPS) is 10.8. The van der Waals surface area contributed by atoms with Crippen LogP contribution in [-0.2, 0) is 13.5 Å². The maximum Gasteiger partial charge on any atom is 0.167 e. The van der Waals surface area contributed by atoms with Crippen molar-refractivity contribution in [2.75, 3.05) is 0 Å². The van der Waals surface area contributed by atoms with Crippen LogP contribution in [0, 0.1) is 13.8 Å². The van der Waals surface area contributed by atoms with E-state index in [9.17, 15) is 4.79 Å². The van der Waals surface area contributed by atoms with Crippen molar-refractivity contribution in [3.05, 3.63) is 50.2 Å². The molecule has 100 valence electrons. The van der Waals surface area contributed by atoms with Gasteiger partial charge in [0.05, 0.1) is 5.69 Å². The van der Waals surface area contributed by atoms with Crippen LogP contribution >= 0.6 is 27.5 Å². The Morgan fingerprint density at radius 1 is 1.42 bits per heavy atom. The van der Waals surface area contributed by atoms with Crippen molar-refractivity contribution in [2.24, 2.45) is 7.05 Å². The number of benzene rings is 1. The molecule has 0 radical (unpaired) electrons. The molecule has 1 heterocycles. The quantitative estimate of drug-likeness (QED) is 0.794. The molecule has 0 atom stereocenters. The van der Waals surface area contributed by atoms with Gasteiger partial charge in [0.25, 0.3) is 0 Å². The molecule has 0 aliphatic heterocycles. The minimum Gasteiger partial charge on any atom is -0.294 e. The first kappa shape index (κ1) is 14.3. The molecule has 0 bridgehead atoms. The molecule has 1 aromatic heterocycles. The number of nitrogens with zero attached hydrogens (tertiary/aromatic N) is 2. The number of ketones is 1. The van der Waals surface area contributed by atoms with Crippen molar-refractivity contribution in [1.29, 1.82) is 0 Å². The number of hydrogen-bond acceptors (Lipinski definition) is 2. The van der Waals surface area contributed by atoms with E-state index < -0.39 is 0 Å². The van der Waals surface area contributed by atoms with E-state index in [0.717, 1.165) is 21.3 Å². The Hall–Kier alpha value is -1.13. The Labute approximate surface area is 125 Å². The first-order valence-electron chi connectivity index (χ1n) is 5.87. The van der Waals surface area contributed by atoms with Gasteiger partial charge in [0, 0.05) is 29.1 Å². The first-order chi connectivity index (χ1) is 8.90. The van der Waals surface area contributed by atoms with Crippen molar-refractivity contribution in [3.8, 4) is 0 Å². The Bertz CT molecular complexity index is 649. The second-order valence-electron chi connectivity index (χ2n) is 4.54. The molecule has 0 unspecified atom stereocenters. The Morgan fingerprint density at radius 2 is 2.11 bits per heavy atom. The van der Waals surface area contributed by atoms with Crippen LogP contribution in [0.15, 0.2) is 22.7 Å². The molecule has 0 aliphatic carbocycles. The zero-order valence-electron chi connectivity index (χ0n) is 11.0. The highest BCUT2D eigenvalue weighted by molar-refractivity contribution is 9.10. The fourth-order valence-corrected chi connectivity index (χ4v) is 2.44. The number of carbonyl (C=O) groups excluding carboxylic acids is 1. The monoisotopic (exact) mass is 340 g/mol. The minimum absolute atomic E-state index is 0.0496. The SMILES string of the molecule is Cc1cc(C(=O)Cc2c(C)nn(C)c2Cl)ccc1Br. The van der Waals surface area contributed by atoms with Crippen LogP contribution in [0.25, 0.3) is 0 Å². The van der Waals surface area contributed by atoms with Gasteiger partial charge >= 0.3 is 0 Å². The van der Waals surface area contributed by atoms with Crippen molar-refractivity contribution in [1.82, 2.24) is 9.78 Å². The smallest absolute Gasteiger partial charge is 0.167 e. The van der Waals surface area contributed by atoms with E-state index in [1.807, 2.05) is 32.0 Å². The predicted octanol–water partition coefficient (Wildman–Crippen LogP) is 3.88. The van der Waals surface area contributed by atoms with Crippen molar-refractivity contribution in [2.45, 2.75) is 20.3 Å². The third-order valence-electron chi connectivity index (χ3n) is 3.09. The number of halogens is 2. The zero-order chi connectivity index (χ0) is 14.2. The molecule has 0 amide bonds. The summed E-state index contributed by atoms with van der Waals surface area (Å²) in [6, 6.07) is 5.59. The molecule has 0 fully saturated rings. The van der Waals surface area contributed by atoms with Crippen molar-refractivity contribution in [3.63, 3.8) is 0 Å². The van der Waals surface area contributed by atoms with Crippen LogP contribution in [0.1, 0.15) is 27.2 Å². The number of carbonyl (C=O) groups is 1. The van der Waals surface area contributed by atoms with E-state index in [4.69, 9.17) is 11.6 Å². The molecular formula is C14H14BrClN2O. The molecule has 0 N–H and O–H groups in total. The van der Waals surface area contributed by atoms with Gasteiger partial charge < -0.3 is 0 Å². The molecule has 0 saturated heterocycles. The summed E-state index contributed by atoms with van der Waals surface area (Å²) in [6.45, 7) is 3.82. The lowest BCUT2D eigenvalue weighted by atomic mass is 10.0. The predicted molar refractivity (Wildman–Crippen MR) is 79.9 cm³/mol. The van der Waals surface area contributed by atoms with E-state index in [1.165, 1.54) is 0 Å². The molecule has 2 rings (SSSR count). The summed E-state index contributed by atoms with van der Waals surface area (Å²) in [5, 5.41) is 4.74. The number of rotatable bonds is 3. The Balaban J connectivity index is 2.28. The lowest BCUT2D eigenvalue weighted by molar-refractivity contribution is 0.0992. The molecule has 0 saturated carbocycles. The third kappa shape index (κ3) is 2.90. The molecule has 1 aromatic carbocycles. The molecule has 5 heteroatoms. The molecule has 0 spiro atoms. The standard InChI is InChI=1S/C14H14BrClN2O/c1-8-6-10(4-5-12(8)15)13(19)7-11-9(2)17-18(3)14(11)16/h4-6H,7H2,1-3H3. The summed E-state index contributed by atoms with van der Waals surface area (Å²) in [5.74, 6) is 0.0496. The van der Waals surface area contributed by atoms with E-state index in [-0.39, 0.29) is 12.2 Å². The Morgan fingerprint density at radius 3 is 2.63 bits per heavy atom. The summed E-state index contributed by atoms with van der Waals surface area (Å²) in [4.78, 5) is 12.3. The first-order valence-corrected chi connectivity index (χ1v) is 7.04. The van der Waals surface area contributed by atoms with E-state index >= 15 is 0 Å². The van der Waals surface area contributed by atoms with Gasteiger partial charge in [-0.25, -0.2) is 0 Å². The van der Waals surface area contributed by atoms with Crippen molar-refractivity contribution < 1.29 is 4.79 Å². The fourth-order valence-electron chi connectivity index (χ4n) is 1.96. The van der Waals surface area contributed by atoms with Gasteiger partial charge in [-0.1, -0.05) is 33.6 Å². The van der Waals surface area contributed by atoms with E-state index in [1.54, 1.807) is 11.7 Å². The van der Waals surface area contributed by atoms with Crippen molar-refractivity contribution >= 4 is 33.3 Å². The summed E-state index contributed by atoms with van der Waals surface area (Å²) in [6.07, 6.45) is 0.277. The molecule has 0 aliphatic rings. The maximum absolute atomic E-state index is 12.3. The lowest BCUT2D eigenvalue weighted by Gasteiger charge is -2.04. The average molecular weight is 342 g/mol. The van der Waals surface area contributed by atoms with Gasteiger partial charge in [-0.2, -0.15) is 5.10 Å². The highest BCUT2D eigenvalue weighted by Gasteiger charge is 2.16. The highest BCUT2D eigenvalue weighted by atomic mass is 79.9. The number of Topliss-reactive ketones (excluding diaryl/α,β-unsaturated/α-hetero) is 1. The summed E-state index contributed by atoms with van der Waals surface area (Å²) < 4.78 is 2.59. The van der Waals surface area contributed by atoms with Crippen LogP contribution < -0.4 is 0 Å². The van der Waals surface area contributed by atoms with Gasteiger partial charge in [0.15, 0.2) is 5.78 Å². The summed E-state index contributed by atoms with van der Waals surface area (Å²) in [5.41, 5.74) is 3.34. The lowest BCUT2D eigenvalue weighted by Crippen LogP contribution is -2.05. The molecule has 2 aromatic rings. The van der Waals surface area contributed by atoms with Gasteiger partial charge in [0.2, 0.25) is 0 Å². The van der Waals surface area contributed by atoms with Crippen LogP contribution in [0.5, 0.6) is 0 Å². The van der Waals surface area contributed by atoms with Crippen LogP contribution in [0.4, 0.5) is 0 Å². The average Bonchev–Trinajstić information content (AvgIpc) is 2.59. The van der Waals surface area contributed by atoms with Crippen LogP contribution in [-0.4, -0.2) is 15.6 Å². The van der Waals surface area contributed by atoms with Gasteiger partial charge in [-0.15, -0.1) is 0 Å². The number of aryl methyl sites for hydroxylation is 3. The second kappa shape index (κ2) is 5.47. The maximum atomic E-state index is 12.3. The van der Waals surface area contributed by atoms with Gasteiger partial charge in [-0.3, -0.25) is 9.48 Å². The number of aromatic nitrogens is 2. The topological polar surface area (TPSA) is 34.9 Å². The largest absolute Gasteiger partial charge is 0.294 e. The summed E-state index contributed by atoms with van der Waals surface area (Å²) in [7, 11) is 1.77. The number of hydrogen-bond donors (Lipinski definition) is 0. The second-order valence-corrected chi connectivity index (χ2v) is 5.75. The van der Waals surface area contributed by atoms with Crippen LogP contribution in [0.3, 0.4) is 0 Å². The summed E-state index contributed by atoms with van der Waals surface area (Å²) >= 11 is 9.57. The molecular weight excluding hydrogens is 328 g/mol. The molecule has 19 heavy (non-hydrogen) atoms. The van der Waals surface area contributed by atoms with Crippen LogP contribution in [0.2, 0.25) is 5.15 Å². The highest BCUT2D eigenvalue weighted by Crippen LogP contribution is 2.22. The molecule has 3 nitrogen and oxygen atoms in total.